The molecule has 0 atom stereocenters. The molecule has 3 aromatic rings. The molecule has 31 heavy (non-hydrogen) atoms. The minimum absolute atomic E-state index is 0.0856. The zero-order valence-corrected chi connectivity index (χ0v) is 18.9. The van der Waals surface area contributed by atoms with E-state index in [0.29, 0.717) is 17.3 Å². The van der Waals surface area contributed by atoms with Crippen LogP contribution in [0.25, 0.3) is 11.3 Å². The number of ether oxygens (including phenoxy) is 1. The van der Waals surface area contributed by atoms with Crippen molar-refractivity contribution >= 4 is 32.4 Å². The van der Waals surface area contributed by atoms with Gasteiger partial charge < -0.3 is 4.74 Å². The second-order valence-corrected chi connectivity index (χ2v) is 10.1. The van der Waals surface area contributed by atoms with Crippen LogP contribution in [0.2, 0.25) is 0 Å². The SMILES string of the molecule is CCOc1ccc(-c2csc(NC(=O)c3ccc(S(=O)(=O)N(C)C4CC4)cc3)n2)cc1. The van der Waals surface area contributed by atoms with Crippen LogP contribution in [0.5, 0.6) is 5.75 Å². The Bertz CT molecular complexity index is 1170. The lowest BCUT2D eigenvalue weighted by Crippen LogP contribution is -2.29. The van der Waals surface area contributed by atoms with Gasteiger partial charge in [-0.25, -0.2) is 13.4 Å². The Labute approximate surface area is 185 Å². The van der Waals surface area contributed by atoms with Gasteiger partial charge in [-0.05, 0) is 68.3 Å². The summed E-state index contributed by atoms with van der Waals surface area (Å²) in [6, 6.07) is 13.7. The fourth-order valence-corrected chi connectivity index (χ4v) is 5.23. The third-order valence-corrected chi connectivity index (χ3v) is 7.72. The van der Waals surface area contributed by atoms with Crippen molar-refractivity contribution in [3.8, 4) is 17.0 Å². The van der Waals surface area contributed by atoms with Crippen LogP contribution in [-0.4, -0.2) is 43.3 Å². The summed E-state index contributed by atoms with van der Waals surface area (Å²) in [5.41, 5.74) is 2.05. The number of sulfonamides is 1. The van der Waals surface area contributed by atoms with Crippen molar-refractivity contribution in [3.05, 3.63) is 59.5 Å². The van der Waals surface area contributed by atoms with Crippen LogP contribution in [0.15, 0.2) is 58.8 Å². The summed E-state index contributed by atoms with van der Waals surface area (Å²) >= 11 is 1.33. The molecule has 1 aliphatic rings. The van der Waals surface area contributed by atoms with Crippen LogP contribution in [0, 0.1) is 0 Å². The summed E-state index contributed by atoms with van der Waals surface area (Å²) in [4.78, 5) is 17.2. The Morgan fingerprint density at radius 2 is 1.84 bits per heavy atom. The molecule has 1 amide bonds. The van der Waals surface area contributed by atoms with Gasteiger partial charge in [0.15, 0.2) is 5.13 Å². The molecule has 0 spiro atoms. The summed E-state index contributed by atoms with van der Waals surface area (Å²) in [5.74, 6) is 0.455. The Kier molecular flexibility index (Phi) is 6.08. The largest absolute Gasteiger partial charge is 0.494 e. The maximum Gasteiger partial charge on any atom is 0.257 e. The van der Waals surface area contributed by atoms with E-state index in [-0.39, 0.29) is 16.8 Å². The average Bonchev–Trinajstić information content (AvgIpc) is 3.52. The number of rotatable bonds is 8. The Morgan fingerprint density at radius 3 is 2.45 bits per heavy atom. The van der Waals surface area contributed by atoms with Gasteiger partial charge in [-0.2, -0.15) is 4.31 Å². The number of nitrogens with one attached hydrogen (secondary N) is 1. The molecule has 7 nitrogen and oxygen atoms in total. The van der Waals surface area contributed by atoms with Crippen molar-refractivity contribution < 1.29 is 17.9 Å². The van der Waals surface area contributed by atoms with E-state index in [1.165, 1.54) is 39.9 Å². The number of amides is 1. The highest BCUT2D eigenvalue weighted by molar-refractivity contribution is 7.89. The number of hydrogen-bond acceptors (Lipinski definition) is 6. The van der Waals surface area contributed by atoms with Crippen LogP contribution < -0.4 is 10.1 Å². The maximum absolute atomic E-state index is 12.6. The Morgan fingerprint density at radius 1 is 1.16 bits per heavy atom. The van der Waals surface area contributed by atoms with Crippen LogP contribution in [0.4, 0.5) is 5.13 Å². The van der Waals surface area contributed by atoms with Crippen molar-refractivity contribution in [2.24, 2.45) is 0 Å². The molecule has 4 rings (SSSR count). The summed E-state index contributed by atoms with van der Waals surface area (Å²) in [7, 11) is -1.93. The normalized spacial score (nSPS) is 13.9. The van der Waals surface area contributed by atoms with E-state index < -0.39 is 10.0 Å². The van der Waals surface area contributed by atoms with E-state index in [9.17, 15) is 13.2 Å². The topological polar surface area (TPSA) is 88.6 Å². The molecule has 0 bridgehead atoms. The van der Waals surface area contributed by atoms with E-state index in [2.05, 4.69) is 10.3 Å². The molecule has 0 unspecified atom stereocenters. The first-order chi connectivity index (χ1) is 14.9. The number of hydrogen-bond donors (Lipinski definition) is 1. The van der Waals surface area contributed by atoms with E-state index >= 15 is 0 Å². The first-order valence-corrected chi connectivity index (χ1v) is 12.3. The third-order valence-electron chi connectivity index (χ3n) is 5.04. The number of anilines is 1. The van der Waals surface area contributed by atoms with Gasteiger partial charge in [-0.3, -0.25) is 10.1 Å². The predicted molar refractivity (Wildman–Crippen MR) is 121 cm³/mol. The number of carbonyl (C=O) groups is 1. The van der Waals surface area contributed by atoms with Gasteiger partial charge in [-0.15, -0.1) is 11.3 Å². The van der Waals surface area contributed by atoms with E-state index in [1.807, 2.05) is 36.6 Å². The highest BCUT2D eigenvalue weighted by Crippen LogP contribution is 2.31. The first kappa shape index (κ1) is 21.5. The molecule has 162 valence electrons. The summed E-state index contributed by atoms with van der Waals surface area (Å²) < 4.78 is 32.0. The maximum atomic E-state index is 12.6. The highest BCUT2D eigenvalue weighted by Gasteiger charge is 2.35. The van der Waals surface area contributed by atoms with Gasteiger partial charge in [0, 0.05) is 29.6 Å². The second-order valence-electron chi connectivity index (χ2n) is 7.23. The summed E-state index contributed by atoms with van der Waals surface area (Å²) in [6.45, 7) is 2.54. The molecule has 0 radical (unpaired) electrons. The lowest BCUT2D eigenvalue weighted by molar-refractivity contribution is 0.102. The van der Waals surface area contributed by atoms with Gasteiger partial charge in [-0.1, -0.05) is 0 Å². The molecule has 2 aromatic carbocycles. The monoisotopic (exact) mass is 457 g/mol. The molecular formula is C22H23N3O4S2. The third kappa shape index (κ3) is 4.79. The molecule has 1 aliphatic carbocycles. The number of thiazole rings is 1. The molecule has 1 aromatic heterocycles. The molecule has 1 fully saturated rings. The van der Waals surface area contributed by atoms with Crippen molar-refractivity contribution in [2.75, 3.05) is 19.0 Å². The molecule has 0 aliphatic heterocycles. The average molecular weight is 458 g/mol. The highest BCUT2D eigenvalue weighted by atomic mass is 32.2. The van der Waals surface area contributed by atoms with Gasteiger partial charge in [0.05, 0.1) is 17.2 Å². The number of aromatic nitrogens is 1. The summed E-state index contributed by atoms with van der Waals surface area (Å²) in [6.07, 6.45) is 1.78. The smallest absolute Gasteiger partial charge is 0.257 e. The molecule has 1 saturated carbocycles. The fourth-order valence-electron chi connectivity index (χ4n) is 3.10. The minimum atomic E-state index is -3.53. The van der Waals surface area contributed by atoms with Gasteiger partial charge >= 0.3 is 0 Å². The first-order valence-electron chi connectivity index (χ1n) is 9.96. The van der Waals surface area contributed by atoms with Crippen molar-refractivity contribution in [2.45, 2.75) is 30.7 Å². The lowest BCUT2D eigenvalue weighted by atomic mass is 10.2. The molecule has 1 heterocycles. The number of benzene rings is 2. The Hall–Kier alpha value is -2.75. The van der Waals surface area contributed by atoms with Crippen LogP contribution >= 0.6 is 11.3 Å². The summed E-state index contributed by atoms with van der Waals surface area (Å²) in [5, 5.41) is 5.11. The van der Waals surface area contributed by atoms with E-state index in [0.717, 1.165) is 29.8 Å². The number of nitrogens with zero attached hydrogens (tertiary/aromatic N) is 2. The zero-order chi connectivity index (χ0) is 22.0. The molecule has 9 heteroatoms. The molecule has 1 N–H and O–H groups in total. The van der Waals surface area contributed by atoms with E-state index in [4.69, 9.17) is 4.74 Å². The van der Waals surface area contributed by atoms with Crippen LogP contribution in [0.3, 0.4) is 0 Å². The zero-order valence-electron chi connectivity index (χ0n) is 17.2. The van der Waals surface area contributed by atoms with Gasteiger partial charge in [0.2, 0.25) is 10.0 Å². The van der Waals surface area contributed by atoms with E-state index in [1.54, 1.807) is 7.05 Å². The minimum Gasteiger partial charge on any atom is -0.494 e. The van der Waals surface area contributed by atoms with Crippen molar-refractivity contribution in [1.82, 2.24) is 9.29 Å². The second kappa shape index (κ2) is 8.78. The van der Waals surface area contributed by atoms with Crippen LogP contribution in [-0.2, 0) is 10.0 Å². The fraction of sp³-hybridized carbons (Fsp3) is 0.273. The van der Waals surface area contributed by atoms with Crippen molar-refractivity contribution in [3.63, 3.8) is 0 Å². The van der Waals surface area contributed by atoms with Gasteiger partial charge in [0.25, 0.3) is 5.91 Å². The number of carbonyl (C=O) groups excluding carboxylic acids is 1. The van der Waals surface area contributed by atoms with Gasteiger partial charge in [0.1, 0.15) is 5.75 Å². The van der Waals surface area contributed by atoms with Crippen LogP contribution in [0.1, 0.15) is 30.1 Å². The molecule has 0 saturated heterocycles. The predicted octanol–water partition coefficient (Wildman–Crippen LogP) is 4.24. The van der Waals surface area contributed by atoms with Crippen molar-refractivity contribution in [1.29, 1.82) is 0 Å². The Balaban J connectivity index is 1.43. The lowest BCUT2D eigenvalue weighted by Gasteiger charge is -2.16. The standard InChI is InChI=1S/C22H23N3O4S2/c1-3-29-18-10-4-15(5-11-18)20-14-30-22(23-20)24-21(26)16-6-12-19(13-7-16)31(27,28)25(2)17-8-9-17/h4-7,10-14,17H,3,8-9H2,1-2H3,(H,23,24,26). The quantitative estimate of drug-likeness (QED) is 0.546. The molecular weight excluding hydrogens is 434 g/mol.